The van der Waals surface area contributed by atoms with Crippen molar-refractivity contribution in [3.63, 3.8) is 0 Å². The zero-order valence-electron chi connectivity index (χ0n) is 42.3. The summed E-state index contributed by atoms with van der Waals surface area (Å²) in [6.07, 6.45) is 39.8. The zero-order chi connectivity index (χ0) is 46.4. The van der Waals surface area contributed by atoms with Crippen LogP contribution in [0.1, 0.15) is 219 Å². The van der Waals surface area contributed by atoms with E-state index in [-0.39, 0.29) is 12.6 Å². The highest BCUT2D eigenvalue weighted by atomic mass is 16.8. The van der Waals surface area contributed by atoms with E-state index in [1.54, 1.807) is 0 Å². The molecule has 2 rings (SSSR count). The molecule has 0 saturated heterocycles. The van der Waals surface area contributed by atoms with Gasteiger partial charge in [-0.15, -0.1) is 0 Å². The molecule has 0 bridgehead atoms. The van der Waals surface area contributed by atoms with E-state index >= 15 is 0 Å². The molecule has 7 heteroatoms. The topological polar surface area (TPSA) is 64.6 Å². The molecule has 0 aromatic heterocycles. The summed E-state index contributed by atoms with van der Waals surface area (Å²) in [4.78, 5) is 0. The number of benzene rings is 2. The lowest BCUT2D eigenvalue weighted by Crippen LogP contribution is -2.24. The van der Waals surface area contributed by atoms with E-state index < -0.39 is 12.6 Å². The first-order valence-corrected chi connectivity index (χ1v) is 26.9. The summed E-state index contributed by atoms with van der Waals surface area (Å²) in [6, 6.07) is 20.6. The standard InChI is InChI=1S/C58H98O7/c1-5-9-13-21-35-47-59-55(60-48-36-22-14-10-6-2)43-31-17-19-33-45-57(63-51-53-39-27-25-28-40-53)65-58(64-52-54-41-29-26-30-42-54)46-34-20-18-32-44-56(61-49-37-23-15-11-7-3)62-50-38-24-16-12-8-4/h25-30,33-34,39-42,45-46,55-58H,5-24,31-32,35-38,43-44,47-52H2,1-4H3. The van der Waals surface area contributed by atoms with Crippen LogP contribution in [0.2, 0.25) is 0 Å². The van der Waals surface area contributed by atoms with E-state index in [0.717, 1.165) is 115 Å². The largest absolute Gasteiger partial charge is 0.353 e. The SMILES string of the molecule is CCCCCCCOC(CCCCC=CC(OCc1ccccc1)OC(C=CCCCCC(OCCCCCCC)OCCCCCCC)OCc1ccccc1)OCCCCCCC. The lowest BCUT2D eigenvalue weighted by Gasteiger charge is -2.22. The Morgan fingerprint density at radius 1 is 0.354 bits per heavy atom. The van der Waals surface area contributed by atoms with Gasteiger partial charge in [0.05, 0.1) is 13.2 Å². The molecule has 0 aliphatic carbocycles. The minimum absolute atomic E-state index is 0.116. The van der Waals surface area contributed by atoms with Crippen LogP contribution in [0.5, 0.6) is 0 Å². The van der Waals surface area contributed by atoms with Crippen LogP contribution in [0.25, 0.3) is 0 Å². The van der Waals surface area contributed by atoms with Crippen molar-refractivity contribution in [3.05, 3.63) is 96.1 Å². The highest BCUT2D eigenvalue weighted by molar-refractivity contribution is 5.14. The fraction of sp³-hybridized carbons (Fsp3) is 0.724. The quantitative estimate of drug-likeness (QED) is 0.0372. The van der Waals surface area contributed by atoms with Crippen molar-refractivity contribution in [2.24, 2.45) is 0 Å². The Morgan fingerprint density at radius 3 is 1.00 bits per heavy atom. The third kappa shape index (κ3) is 36.4. The normalized spacial score (nSPS) is 13.0. The van der Waals surface area contributed by atoms with Gasteiger partial charge in [0.2, 0.25) is 0 Å². The molecule has 0 aliphatic heterocycles. The van der Waals surface area contributed by atoms with Crippen LogP contribution < -0.4 is 0 Å². The number of rotatable bonds is 48. The molecule has 0 heterocycles. The second-order valence-corrected chi connectivity index (χ2v) is 17.9. The summed E-state index contributed by atoms with van der Waals surface area (Å²) >= 11 is 0. The molecule has 2 aromatic rings. The maximum absolute atomic E-state index is 6.60. The van der Waals surface area contributed by atoms with Crippen LogP contribution in [0.4, 0.5) is 0 Å². The minimum Gasteiger partial charge on any atom is -0.353 e. The Kier molecular flexibility index (Phi) is 41.1. The number of ether oxygens (including phenoxy) is 7. The molecule has 2 unspecified atom stereocenters. The maximum atomic E-state index is 6.60. The Hall–Kier alpha value is -2.36. The van der Waals surface area contributed by atoms with Gasteiger partial charge in [0, 0.05) is 26.4 Å². The summed E-state index contributed by atoms with van der Waals surface area (Å²) < 4.78 is 44.5. The van der Waals surface area contributed by atoms with Gasteiger partial charge >= 0.3 is 0 Å². The number of allylic oxidation sites excluding steroid dienone is 2. The molecular formula is C58H98O7. The number of hydrogen-bond donors (Lipinski definition) is 0. The summed E-state index contributed by atoms with van der Waals surface area (Å²) in [6.45, 7) is 13.1. The van der Waals surface area contributed by atoms with Gasteiger partial charge in [0.15, 0.2) is 25.2 Å². The highest BCUT2D eigenvalue weighted by Gasteiger charge is 2.15. The second-order valence-electron chi connectivity index (χ2n) is 17.9. The second kappa shape index (κ2) is 45.4. The van der Waals surface area contributed by atoms with E-state index in [1.165, 1.54) is 103 Å². The van der Waals surface area contributed by atoms with Crippen molar-refractivity contribution in [2.45, 2.75) is 246 Å². The maximum Gasteiger partial charge on any atom is 0.180 e. The van der Waals surface area contributed by atoms with Gasteiger partial charge in [-0.3, -0.25) is 0 Å². The van der Waals surface area contributed by atoms with Gasteiger partial charge in [-0.05, 0) is 100 Å². The molecule has 65 heavy (non-hydrogen) atoms. The average molecular weight is 907 g/mol. The minimum atomic E-state index is -0.570. The first-order valence-electron chi connectivity index (χ1n) is 26.9. The first kappa shape index (κ1) is 58.8. The summed E-state index contributed by atoms with van der Waals surface area (Å²) in [5.74, 6) is 0. The van der Waals surface area contributed by atoms with Crippen LogP contribution >= 0.6 is 0 Å². The molecule has 0 N–H and O–H groups in total. The molecule has 0 fully saturated rings. The van der Waals surface area contributed by atoms with E-state index in [2.05, 4.69) is 76.3 Å². The van der Waals surface area contributed by atoms with E-state index in [1.807, 2.05) is 36.4 Å². The van der Waals surface area contributed by atoms with Crippen molar-refractivity contribution in [3.8, 4) is 0 Å². The summed E-state index contributed by atoms with van der Waals surface area (Å²) in [5.41, 5.74) is 2.21. The van der Waals surface area contributed by atoms with Crippen molar-refractivity contribution in [1.29, 1.82) is 0 Å². The van der Waals surface area contributed by atoms with Crippen LogP contribution in [0.15, 0.2) is 85.0 Å². The lowest BCUT2D eigenvalue weighted by atomic mass is 10.1. The molecule has 2 aromatic carbocycles. The van der Waals surface area contributed by atoms with Crippen molar-refractivity contribution in [1.82, 2.24) is 0 Å². The molecule has 0 amide bonds. The van der Waals surface area contributed by atoms with Crippen molar-refractivity contribution < 1.29 is 33.2 Å². The Balaban J connectivity index is 1.99. The summed E-state index contributed by atoms with van der Waals surface area (Å²) in [7, 11) is 0. The number of unbranched alkanes of at least 4 members (excludes halogenated alkanes) is 20. The molecule has 0 spiro atoms. The van der Waals surface area contributed by atoms with E-state index in [0.29, 0.717) is 13.2 Å². The third-order valence-corrected chi connectivity index (χ3v) is 11.7. The molecule has 2 atom stereocenters. The Morgan fingerprint density at radius 2 is 0.677 bits per heavy atom. The van der Waals surface area contributed by atoms with Gasteiger partial charge in [0.25, 0.3) is 0 Å². The van der Waals surface area contributed by atoms with Gasteiger partial charge < -0.3 is 33.2 Å². The molecule has 0 radical (unpaired) electrons. The zero-order valence-corrected chi connectivity index (χ0v) is 42.3. The third-order valence-electron chi connectivity index (χ3n) is 11.7. The Bertz CT molecular complexity index is 1170. The first-order chi connectivity index (χ1) is 32.2. The van der Waals surface area contributed by atoms with Gasteiger partial charge in [-0.2, -0.15) is 0 Å². The molecule has 7 nitrogen and oxygen atoms in total. The Labute approximate surface area is 400 Å². The monoisotopic (exact) mass is 907 g/mol. The summed E-state index contributed by atoms with van der Waals surface area (Å²) in [5, 5.41) is 0. The van der Waals surface area contributed by atoms with Gasteiger partial charge in [-0.25, -0.2) is 0 Å². The molecule has 372 valence electrons. The lowest BCUT2D eigenvalue weighted by molar-refractivity contribution is -0.215. The molecule has 0 aliphatic rings. The highest BCUT2D eigenvalue weighted by Crippen LogP contribution is 2.18. The van der Waals surface area contributed by atoms with Crippen molar-refractivity contribution in [2.75, 3.05) is 26.4 Å². The van der Waals surface area contributed by atoms with Crippen LogP contribution in [0.3, 0.4) is 0 Å². The van der Waals surface area contributed by atoms with E-state index in [4.69, 9.17) is 33.2 Å². The fourth-order valence-corrected chi connectivity index (χ4v) is 7.59. The van der Waals surface area contributed by atoms with Gasteiger partial charge in [-0.1, -0.05) is 203 Å². The predicted octanol–water partition coefficient (Wildman–Crippen LogP) is 16.9. The van der Waals surface area contributed by atoms with Crippen molar-refractivity contribution >= 4 is 0 Å². The number of hydrogen-bond acceptors (Lipinski definition) is 7. The van der Waals surface area contributed by atoms with Crippen LogP contribution in [0, 0.1) is 0 Å². The van der Waals surface area contributed by atoms with Crippen LogP contribution in [-0.4, -0.2) is 51.6 Å². The molecular weight excluding hydrogens is 809 g/mol. The predicted molar refractivity (Wildman–Crippen MR) is 273 cm³/mol. The smallest absolute Gasteiger partial charge is 0.180 e. The molecule has 0 saturated carbocycles. The average Bonchev–Trinajstić information content (AvgIpc) is 3.33. The fourth-order valence-electron chi connectivity index (χ4n) is 7.59. The van der Waals surface area contributed by atoms with Gasteiger partial charge in [0.1, 0.15) is 0 Å². The van der Waals surface area contributed by atoms with E-state index in [9.17, 15) is 0 Å². The van der Waals surface area contributed by atoms with Crippen LogP contribution in [-0.2, 0) is 46.4 Å².